The number of primary amides is 1. The van der Waals surface area contributed by atoms with Gasteiger partial charge in [0.15, 0.2) is 0 Å². The molecule has 0 saturated heterocycles. The molecule has 3 rings (SSSR count). The topological polar surface area (TPSA) is 84.2 Å². The van der Waals surface area contributed by atoms with E-state index in [-0.39, 0.29) is 6.03 Å². The minimum absolute atomic E-state index is 0.354. The molecular weight excluding hydrogens is 290 g/mol. The summed E-state index contributed by atoms with van der Waals surface area (Å²) in [6.45, 7) is 0. The molecule has 5 nitrogen and oxygen atoms in total. The van der Waals surface area contributed by atoms with Gasteiger partial charge in [-0.1, -0.05) is 36.4 Å². The molecule has 0 aliphatic heterocycles. The fourth-order valence-electron chi connectivity index (χ4n) is 2.34. The maximum absolute atomic E-state index is 12.1. The first-order valence-electron chi connectivity index (χ1n) is 7.09. The Morgan fingerprint density at radius 1 is 0.783 bits per heavy atom. The highest BCUT2D eigenvalue weighted by molar-refractivity contribution is 6.06. The average molecular weight is 305 g/mol. The van der Waals surface area contributed by atoms with Crippen LogP contribution in [0.4, 0.5) is 16.2 Å². The van der Waals surface area contributed by atoms with Crippen molar-refractivity contribution in [3.05, 3.63) is 72.3 Å². The van der Waals surface area contributed by atoms with Crippen molar-refractivity contribution in [3.63, 3.8) is 0 Å². The number of nitrogens with two attached hydrogens (primary N) is 1. The predicted octanol–water partition coefficient (Wildman–Crippen LogP) is 3.58. The van der Waals surface area contributed by atoms with Gasteiger partial charge in [0.1, 0.15) is 0 Å². The summed E-state index contributed by atoms with van der Waals surface area (Å²) in [5, 5.41) is 7.57. The van der Waals surface area contributed by atoms with Gasteiger partial charge in [0.25, 0.3) is 0 Å². The third-order valence-corrected chi connectivity index (χ3v) is 3.47. The van der Waals surface area contributed by atoms with Crippen molar-refractivity contribution in [3.8, 4) is 0 Å². The molecule has 114 valence electrons. The van der Waals surface area contributed by atoms with Crippen molar-refractivity contribution < 1.29 is 9.59 Å². The van der Waals surface area contributed by atoms with Crippen LogP contribution in [0.5, 0.6) is 0 Å². The van der Waals surface area contributed by atoms with Gasteiger partial charge in [-0.2, -0.15) is 0 Å². The first-order valence-corrected chi connectivity index (χ1v) is 7.09. The van der Waals surface area contributed by atoms with Gasteiger partial charge in [0, 0.05) is 16.6 Å². The first-order chi connectivity index (χ1) is 11.1. The smallest absolute Gasteiger partial charge is 0.323 e. The molecule has 0 saturated carbocycles. The van der Waals surface area contributed by atoms with Crippen LogP contribution in [-0.4, -0.2) is 11.9 Å². The predicted molar refractivity (Wildman–Crippen MR) is 91.5 cm³/mol. The largest absolute Gasteiger partial charge is 0.366 e. The van der Waals surface area contributed by atoms with Crippen LogP contribution in [-0.2, 0) is 0 Å². The summed E-state index contributed by atoms with van der Waals surface area (Å²) in [4.78, 5) is 23.2. The van der Waals surface area contributed by atoms with E-state index in [4.69, 9.17) is 5.73 Å². The van der Waals surface area contributed by atoms with Crippen molar-refractivity contribution >= 4 is 34.1 Å². The summed E-state index contributed by atoms with van der Waals surface area (Å²) in [6.07, 6.45) is 0. The van der Waals surface area contributed by atoms with E-state index in [1.807, 2.05) is 42.5 Å². The van der Waals surface area contributed by atoms with Crippen LogP contribution in [0.2, 0.25) is 0 Å². The monoisotopic (exact) mass is 305 g/mol. The molecule has 0 spiro atoms. The van der Waals surface area contributed by atoms with Gasteiger partial charge in [-0.25, -0.2) is 4.79 Å². The van der Waals surface area contributed by atoms with Gasteiger partial charge in [0.2, 0.25) is 5.91 Å². The van der Waals surface area contributed by atoms with E-state index in [0.717, 1.165) is 16.5 Å². The van der Waals surface area contributed by atoms with Crippen LogP contribution < -0.4 is 16.4 Å². The van der Waals surface area contributed by atoms with Crippen LogP contribution in [0.1, 0.15) is 10.4 Å². The number of hydrogen-bond acceptors (Lipinski definition) is 2. The standard InChI is InChI=1S/C18H15N3O2/c19-17(22)13-8-10-14(11-9-13)20-18(23)21-16-7-3-5-12-4-1-2-6-15(12)16/h1-11H,(H2,19,22)(H2,20,21,23). The second kappa shape index (κ2) is 6.19. The molecule has 0 aliphatic carbocycles. The zero-order valence-corrected chi connectivity index (χ0v) is 12.2. The summed E-state index contributed by atoms with van der Waals surface area (Å²) < 4.78 is 0. The van der Waals surface area contributed by atoms with E-state index in [9.17, 15) is 9.59 Å². The number of fused-ring (bicyclic) bond motifs is 1. The van der Waals surface area contributed by atoms with Gasteiger partial charge in [0.05, 0.1) is 5.69 Å². The van der Waals surface area contributed by atoms with Crippen molar-refractivity contribution in [2.45, 2.75) is 0 Å². The maximum Gasteiger partial charge on any atom is 0.323 e. The molecule has 3 amide bonds. The number of urea groups is 1. The lowest BCUT2D eigenvalue weighted by Crippen LogP contribution is -2.19. The van der Waals surface area contributed by atoms with Crippen molar-refractivity contribution in [2.75, 3.05) is 10.6 Å². The van der Waals surface area contributed by atoms with E-state index >= 15 is 0 Å². The molecule has 0 aliphatic rings. The maximum atomic E-state index is 12.1. The van der Waals surface area contributed by atoms with Gasteiger partial charge < -0.3 is 16.4 Å². The van der Waals surface area contributed by atoms with Crippen LogP contribution >= 0.6 is 0 Å². The molecule has 4 N–H and O–H groups in total. The third kappa shape index (κ3) is 3.29. The second-order valence-electron chi connectivity index (χ2n) is 5.05. The number of anilines is 2. The number of amides is 3. The van der Waals surface area contributed by atoms with Gasteiger partial charge >= 0.3 is 6.03 Å². The summed E-state index contributed by atoms with van der Waals surface area (Å²) in [5.74, 6) is -0.503. The molecule has 0 aromatic heterocycles. The zero-order valence-electron chi connectivity index (χ0n) is 12.2. The van der Waals surface area contributed by atoms with E-state index < -0.39 is 5.91 Å². The Balaban J connectivity index is 1.75. The zero-order chi connectivity index (χ0) is 16.2. The molecule has 3 aromatic rings. The van der Waals surface area contributed by atoms with Crippen LogP contribution in [0.3, 0.4) is 0 Å². The third-order valence-electron chi connectivity index (χ3n) is 3.47. The number of carbonyl (C=O) groups excluding carboxylic acids is 2. The Hall–Kier alpha value is -3.34. The second-order valence-corrected chi connectivity index (χ2v) is 5.05. The molecule has 0 unspecified atom stereocenters. The summed E-state index contributed by atoms with van der Waals surface area (Å²) in [6, 6.07) is 19.6. The number of benzene rings is 3. The Morgan fingerprint density at radius 2 is 1.48 bits per heavy atom. The number of carbonyl (C=O) groups is 2. The minimum atomic E-state index is -0.503. The molecule has 5 heteroatoms. The fraction of sp³-hybridized carbons (Fsp3) is 0. The molecule has 3 aromatic carbocycles. The lowest BCUT2D eigenvalue weighted by Gasteiger charge is -2.10. The number of hydrogen-bond donors (Lipinski definition) is 3. The number of nitrogens with one attached hydrogen (secondary N) is 2. The highest BCUT2D eigenvalue weighted by Gasteiger charge is 2.06. The highest BCUT2D eigenvalue weighted by atomic mass is 16.2. The Kier molecular flexibility index (Phi) is 3.93. The van der Waals surface area contributed by atoms with Gasteiger partial charge in [-0.3, -0.25) is 4.79 Å². The normalized spacial score (nSPS) is 10.3. The summed E-state index contributed by atoms with van der Waals surface area (Å²) in [7, 11) is 0. The highest BCUT2D eigenvalue weighted by Crippen LogP contribution is 2.23. The fourth-order valence-corrected chi connectivity index (χ4v) is 2.34. The Bertz CT molecular complexity index is 868. The van der Waals surface area contributed by atoms with Gasteiger partial charge in [-0.05, 0) is 35.7 Å². The minimum Gasteiger partial charge on any atom is -0.366 e. The molecule has 0 atom stereocenters. The molecule has 0 radical (unpaired) electrons. The lowest BCUT2D eigenvalue weighted by atomic mass is 10.1. The molecular formula is C18H15N3O2. The van der Waals surface area contributed by atoms with Crippen molar-refractivity contribution in [1.82, 2.24) is 0 Å². The van der Waals surface area contributed by atoms with Crippen LogP contribution in [0.15, 0.2) is 66.7 Å². The SMILES string of the molecule is NC(=O)c1ccc(NC(=O)Nc2cccc3ccccc23)cc1. The van der Waals surface area contributed by atoms with Crippen molar-refractivity contribution in [2.24, 2.45) is 5.73 Å². The molecule has 0 heterocycles. The van der Waals surface area contributed by atoms with E-state index in [0.29, 0.717) is 11.3 Å². The average Bonchev–Trinajstić information content (AvgIpc) is 2.55. The van der Waals surface area contributed by atoms with E-state index in [2.05, 4.69) is 10.6 Å². The summed E-state index contributed by atoms with van der Waals surface area (Å²) >= 11 is 0. The van der Waals surface area contributed by atoms with Crippen LogP contribution in [0.25, 0.3) is 10.8 Å². The number of rotatable bonds is 3. The first kappa shape index (κ1) is 14.6. The molecule has 0 bridgehead atoms. The molecule has 23 heavy (non-hydrogen) atoms. The van der Waals surface area contributed by atoms with E-state index in [1.165, 1.54) is 0 Å². The van der Waals surface area contributed by atoms with Crippen molar-refractivity contribution in [1.29, 1.82) is 0 Å². The Morgan fingerprint density at radius 3 is 2.22 bits per heavy atom. The van der Waals surface area contributed by atoms with Gasteiger partial charge in [-0.15, -0.1) is 0 Å². The Labute approximate surface area is 133 Å². The van der Waals surface area contributed by atoms with E-state index in [1.54, 1.807) is 24.3 Å². The van der Waals surface area contributed by atoms with Crippen LogP contribution in [0, 0.1) is 0 Å². The molecule has 0 fully saturated rings. The summed E-state index contributed by atoms with van der Waals surface area (Å²) in [5.41, 5.74) is 6.88. The lowest BCUT2D eigenvalue weighted by molar-refractivity contribution is 0.100. The quantitative estimate of drug-likeness (QED) is 0.691.